The quantitative estimate of drug-likeness (QED) is 0.848. The maximum absolute atomic E-state index is 6.20. The second-order valence-electron chi connectivity index (χ2n) is 5.73. The molecule has 0 radical (unpaired) electrons. The van der Waals surface area contributed by atoms with E-state index in [4.69, 9.17) is 11.6 Å². The van der Waals surface area contributed by atoms with Crippen molar-refractivity contribution in [3.63, 3.8) is 0 Å². The van der Waals surface area contributed by atoms with E-state index in [1.54, 1.807) is 0 Å². The van der Waals surface area contributed by atoms with Crippen molar-refractivity contribution in [2.45, 2.75) is 33.2 Å². The van der Waals surface area contributed by atoms with Gasteiger partial charge in [-0.25, -0.2) is 0 Å². The van der Waals surface area contributed by atoms with Crippen LogP contribution in [0.2, 0.25) is 5.02 Å². The Kier molecular flexibility index (Phi) is 4.25. The summed E-state index contributed by atoms with van der Waals surface area (Å²) in [6, 6.07) is 4.55. The zero-order valence-corrected chi connectivity index (χ0v) is 13.5. The van der Waals surface area contributed by atoms with Gasteiger partial charge in [0.15, 0.2) is 0 Å². The van der Waals surface area contributed by atoms with Crippen LogP contribution in [0.3, 0.4) is 0 Å². The van der Waals surface area contributed by atoms with Gasteiger partial charge in [-0.15, -0.1) is 0 Å². The van der Waals surface area contributed by atoms with Crippen LogP contribution in [0.25, 0.3) is 0 Å². The van der Waals surface area contributed by atoms with Gasteiger partial charge in [0.05, 0.1) is 5.69 Å². The highest BCUT2D eigenvalue weighted by Crippen LogP contribution is 2.33. The summed E-state index contributed by atoms with van der Waals surface area (Å²) in [5, 5.41) is 7.90. The first-order valence-corrected chi connectivity index (χ1v) is 7.50. The number of nitrogens with one attached hydrogen (secondary N) is 2. The van der Waals surface area contributed by atoms with Gasteiger partial charge in [0.1, 0.15) is 0 Å². The fraction of sp³-hybridized carbons (Fsp3) is 0.571. The maximum Gasteiger partial charge on any atom is 0.0502 e. The summed E-state index contributed by atoms with van der Waals surface area (Å²) in [6.07, 6.45) is 1.13. The highest BCUT2D eigenvalue weighted by atomic mass is 79.9. The highest BCUT2D eigenvalue weighted by Gasteiger charge is 2.32. The molecule has 0 bridgehead atoms. The Hall–Kier alpha value is -0.250. The molecule has 0 amide bonds. The minimum atomic E-state index is 0.245. The molecular weight excluding hydrogens is 312 g/mol. The lowest BCUT2D eigenvalue weighted by molar-refractivity contribution is 0.236. The molecule has 100 valence electrons. The molecule has 2 rings (SSSR count). The second kappa shape index (κ2) is 5.40. The van der Waals surface area contributed by atoms with Crippen LogP contribution in [0, 0.1) is 12.3 Å². The molecule has 0 aliphatic carbocycles. The standard InChI is InChI=1S/C14H20BrClN2/c1-9-6-10(15)12(7-11(9)16)18-13-4-5-17-8-14(13,2)3/h6-7,13,17-18H,4-5,8H2,1-3H3. The normalized spacial score (nSPS) is 22.8. The molecular formula is C14H20BrClN2. The van der Waals surface area contributed by atoms with Crippen molar-refractivity contribution in [1.82, 2.24) is 5.32 Å². The minimum Gasteiger partial charge on any atom is -0.381 e. The van der Waals surface area contributed by atoms with Gasteiger partial charge in [-0.1, -0.05) is 25.4 Å². The van der Waals surface area contributed by atoms with Crippen LogP contribution in [-0.2, 0) is 0 Å². The first kappa shape index (κ1) is 14.2. The zero-order chi connectivity index (χ0) is 13.3. The van der Waals surface area contributed by atoms with Crippen LogP contribution in [0.4, 0.5) is 5.69 Å². The number of piperidine rings is 1. The third-order valence-corrected chi connectivity index (χ3v) is 4.78. The number of hydrogen-bond donors (Lipinski definition) is 2. The van der Waals surface area contributed by atoms with Gasteiger partial charge in [0, 0.05) is 22.1 Å². The number of anilines is 1. The van der Waals surface area contributed by atoms with Crippen molar-refractivity contribution in [3.05, 3.63) is 27.2 Å². The van der Waals surface area contributed by atoms with E-state index >= 15 is 0 Å². The van der Waals surface area contributed by atoms with Crippen LogP contribution in [0.5, 0.6) is 0 Å². The van der Waals surface area contributed by atoms with E-state index in [2.05, 4.69) is 46.5 Å². The average molecular weight is 332 g/mol. The third kappa shape index (κ3) is 3.01. The summed E-state index contributed by atoms with van der Waals surface area (Å²) in [5.41, 5.74) is 2.43. The molecule has 0 saturated carbocycles. The lowest BCUT2D eigenvalue weighted by Gasteiger charge is -2.40. The summed E-state index contributed by atoms with van der Waals surface area (Å²) in [6.45, 7) is 8.71. The third-order valence-electron chi connectivity index (χ3n) is 3.71. The molecule has 2 nitrogen and oxygen atoms in total. The topological polar surface area (TPSA) is 24.1 Å². The van der Waals surface area contributed by atoms with Gasteiger partial charge >= 0.3 is 0 Å². The van der Waals surface area contributed by atoms with Gasteiger partial charge in [0.25, 0.3) is 0 Å². The van der Waals surface area contributed by atoms with Crippen molar-refractivity contribution in [3.8, 4) is 0 Å². The van der Waals surface area contributed by atoms with Crippen molar-refractivity contribution < 1.29 is 0 Å². The van der Waals surface area contributed by atoms with E-state index in [-0.39, 0.29) is 5.41 Å². The van der Waals surface area contributed by atoms with Crippen LogP contribution >= 0.6 is 27.5 Å². The highest BCUT2D eigenvalue weighted by molar-refractivity contribution is 9.10. The summed E-state index contributed by atoms with van der Waals surface area (Å²) < 4.78 is 1.08. The Balaban J connectivity index is 2.20. The van der Waals surface area contributed by atoms with E-state index in [0.29, 0.717) is 6.04 Å². The van der Waals surface area contributed by atoms with Crippen molar-refractivity contribution in [1.29, 1.82) is 0 Å². The molecule has 2 N–H and O–H groups in total. The lowest BCUT2D eigenvalue weighted by Crippen LogP contribution is -2.49. The van der Waals surface area contributed by atoms with Gasteiger partial charge in [0.2, 0.25) is 0 Å². The molecule has 1 fully saturated rings. The van der Waals surface area contributed by atoms with E-state index in [1.807, 2.05) is 13.0 Å². The summed E-state index contributed by atoms with van der Waals surface area (Å²) in [5.74, 6) is 0. The molecule has 1 atom stereocenters. The van der Waals surface area contributed by atoms with Crippen molar-refractivity contribution in [2.75, 3.05) is 18.4 Å². The first-order valence-electron chi connectivity index (χ1n) is 6.33. The molecule has 18 heavy (non-hydrogen) atoms. The Morgan fingerprint density at radius 1 is 1.44 bits per heavy atom. The monoisotopic (exact) mass is 330 g/mol. The number of hydrogen-bond acceptors (Lipinski definition) is 2. The number of aryl methyl sites for hydroxylation is 1. The van der Waals surface area contributed by atoms with E-state index < -0.39 is 0 Å². The summed E-state index contributed by atoms with van der Waals surface area (Å²) in [4.78, 5) is 0. The molecule has 1 aliphatic rings. The molecule has 1 heterocycles. The zero-order valence-electron chi connectivity index (χ0n) is 11.1. The predicted molar refractivity (Wildman–Crippen MR) is 82.6 cm³/mol. The predicted octanol–water partition coefficient (Wildman–Crippen LogP) is 4.21. The van der Waals surface area contributed by atoms with Gasteiger partial charge in [-0.3, -0.25) is 0 Å². The summed E-state index contributed by atoms with van der Waals surface area (Å²) >= 11 is 9.81. The van der Waals surface area contributed by atoms with E-state index in [1.165, 1.54) is 0 Å². The lowest BCUT2D eigenvalue weighted by atomic mass is 9.80. The SMILES string of the molecule is Cc1cc(Br)c(NC2CCNCC2(C)C)cc1Cl. The van der Waals surface area contributed by atoms with Crippen molar-refractivity contribution >= 4 is 33.2 Å². The molecule has 1 aliphatic heterocycles. The Morgan fingerprint density at radius 3 is 2.83 bits per heavy atom. The molecule has 0 aromatic heterocycles. The fourth-order valence-corrected chi connectivity index (χ4v) is 3.12. The molecule has 4 heteroatoms. The summed E-state index contributed by atoms with van der Waals surface area (Å²) in [7, 11) is 0. The smallest absolute Gasteiger partial charge is 0.0502 e. The molecule has 1 saturated heterocycles. The molecule has 1 aromatic rings. The van der Waals surface area contributed by atoms with Crippen LogP contribution in [0.15, 0.2) is 16.6 Å². The molecule has 0 spiro atoms. The number of benzene rings is 1. The second-order valence-corrected chi connectivity index (χ2v) is 6.99. The Morgan fingerprint density at radius 2 is 2.17 bits per heavy atom. The Labute approximate surface area is 123 Å². The van der Waals surface area contributed by atoms with Gasteiger partial charge in [-0.05, 0) is 58.9 Å². The largest absolute Gasteiger partial charge is 0.381 e. The number of halogens is 2. The molecule has 1 aromatic carbocycles. The van der Waals surface area contributed by atoms with Gasteiger partial charge < -0.3 is 10.6 Å². The number of rotatable bonds is 2. The maximum atomic E-state index is 6.20. The van der Waals surface area contributed by atoms with Crippen LogP contribution in [-0.4, -0.2) is 19.1 Å². The average Bonchev–Trinajstić information content (AvgIpc) is 2.28. The fourth-order valence-electron chi connectivity index (χ4n) is 2.38. The van der Waals surface area contributed by atoms with Crippen LogP contribution in [0.1, 0.15) is 25.8 Å². The Bertz CT molecular complexity index is 446. The molecule has 1 unspecified atom stereocenters. The van der Waals surface area contributed by atoms with E-state index in [0.717, 1.165) is 40.3 Å². The minimum absolute atomic E-state index is 0.245. The van der Waals surface area contributed by atoms with Crippen molar-refractivity contribution in [2.24, 2.45) is 5.41 Å². The van der Waals surface area contributed by atoms with Gasteiger partial charge in [-0.2, -0.15) is 0 Å². The van der Waals surface area contributed by atoms with Crippen LogP contribution < -0.4 is 10.6 Å². The van der Waals surface area contributed by atoms with E-state index in [9.17, 15) is 0 Å². The first-order chi connectivity index (χ1) is 8.40.